The largest absolute Gasteiger partial charge is 0.487 e. The summed E-state index contributed by atoms with van der Waals surface area (Å²) in [5.74, 6) is -1.51. The van der Waals surface area contributed by atoms with E-state index < -0.39 is 17.7 Å². The lowest BCUT2D eigenvalue weighted by Gasteiger charge is -2.13. The topological polar surface area (TPSA) is 55.5 Å². The molecule has 0 aliphatic carbocycles. The quantitative estimate of drug-likeness (QED) is 0.836. The summed E-state index contributed by atoms with van der Waals surface area (Å²) in [5.41, 5.74) is 6.65. The molecule has 1 unspecified atom stereocenters. The summed E-state index contributed by atoms with van der Waals surface area (Å²) in [5, 5.41) is 9.87. The van der Waals surface area contributed by atoms with Gasteiger partial charge in [0.15, 0.2) is 11.6 Å². The minimum atomic E-state index is -0.967. The molecule has 0 saturated carbocycles. The van der Waals surface area contributed by atoms with E-state index in [9.17, 15) is 13.9 Å². The Kier molecular flexibility index (Phi) is 3.97. The maximum Gasteiger partial charge on any atom is 0.165 e. The summed E-state index contributed by atoms with van der Waals surface area (Å²) in [6.07, 6.45) is -0.967. The zero-order valence-corrected chi connectivity index (χ0v) is 10.0. The third kappa shape index (κ3) is 3.42. The van der Waals surface area contributed by atoms with Gasteiger partial charge in [-0.15, -0.1) is 0 Å². The number of hydrogen-bond donors (Lipinski definition) is 2. The van der Waals surface area contributed by atoms with Crippen LogP contribution in [0.5, 0.6) is 5.75 Å². The lowest BCUT2D eigenvalue weighted by atomic mass is 10.1. The van der Waals surface area contributed by atoms with Crippen molar-refractivity contribution in [2.75, 3.05) is 12.3 Å². The number of nitrogens with two attached hydrogens (primary N) is 1. The van der Waals surface area contributed by atoms with Crippen molar-refractivity contribution >= 4 is 5.69 Å². The highest BCUT2D eigenvalue weighted by atomic mass is 19.1. The Bertz CT molecular complexity index is 575. The Hall–Kier alpha value is -2.14. The van der Waals surface area contributed by atoms with Gasteiger partial charge in [0.25, 0.3) is 0 Å². The summed E-state index contributed by atoms with van der Waals surface area (Å²) in [4.78, 5) is 0. The molecule has 1 atom stereocenters. The number of benzene rings is 2. The molecule has 0 aliphatic heterocycles. The molecule has 0 heterocycles. The average Bonchev–Trinajstić information content (AvgIpc) is 2.39. The molecule has 100 valence electrons. The number of ether oxygens (including phenoxy) is 1. The molecule has 3 nitrogen and oxygen atoms in total. The summed E-state index contributed by atoms with van der Waals surface area (Å²) < 4.78 is 31.3. The van der Waals surface area contributed by atoms with Crippen LogP contribution in [0, 0.1) is 11.6 Å². The lowest BCUT2D eigenvalue weighted by molar-refractivity contribution is 0.105. The first-order valence-corrected chi connectivity index (χ1v) is 5.67. The van der Waals surface area contributed by atoms with Gasteiger partial charge in [-0.2, -0.15) is 0 Å². The first-order valence-electron chi connectivity index (χ1n) is 5.67. The Labute approximate surface area is 109 Å². The van der Waals surface area contributed by atoms with Crippen LogP contribution in [-0.2, 0) is 0 Å². The summed E-state index contributed by atoms with van der Waals surface area (Å²) in [6, 6.07) is 9.54. The Morgan fingerprint density at radius 3 is 2.68 bits per heavy atom. The summed E-state index contributed by atoms with van der Waals surface area (Å²) >= 11 is 0. The Morgan fingerprint density at radius 1 is 1.16 bits per heavy atom. The van der Waals surface area contributed by atoms with Gasteiger partial charge >= 0.3 is 0 Å². The van der Waals surface area contributed by atoms with Crippen molar-refractivity contribution in [3.05, 3.63) is 59.7 Å². The number of aliphatic hydroxyl groups excluding tert-OH is 1. The van der Waals surface area contributed by atoms with Crippen molar-refractivity contribution in [2.24, 2.45) is 0 Å². The van der Waals surface area contributed by atoms with Crippen molar-refractivity contribution in [1.29, 1.82) is 0 Å². The van der Waals surface area contributed by atoms with Crippen LogP contribution in [0.3, 0.4) is 0 Å². The van der Waals surface area contributed by atoms with Gasteiger partial charge in [-0.3, -0.25) is 0 Å². The highest BCUT2D eigenvalue weighted by molar-refractivity contribution is 5.41. The van der Waals surface area contributed by atoms with E-state index in [-0.39, 0.29) is 12.4 Å². The second-order valence-electron chi connectivity index (χ2n) is 4.07. The van der Waals surface area contributed by atoms with E-state index in [0.717, 1.165) is 18.2 Å². The average molecular weight is 265 g/mol. The van der Waals surface area contributed by atoms with Gasteiger partial charge in [0.1, 0.15) is 18.5 Å². The molecular formula is C14H13F2NO2. The number of aliphatic hydroxyl groups is 1. The van der Waals surface area contributed by atoms with Crippen LogP contribution in [0.2, 0.25) is 0 Å². The van der Waals surface area contributed by atoms with Crippen LogP contribution < -0.4 is 10.5 Å². The molecule has 0 bridgehead atoms. The van der Waals surface area contributed by atoms with Gasteiger partial charge < -0.3 is 15.6 Å². The van der Waals surface area contributed by atoms with Crippen LogP contribution in [0.25, 0.3) is 0 Å². The van der Waals surface area contributed by atoms with Gasteiger partial charge in [0.2, 0.25) is 0 Å². The highest BCUT2D eigenvalue weighted by Gasteiger charge is 2.11. The normalized spacial score (nSPS) is 12.2. The van der Waals surface area contributed by atoms with Crippen LogP contribution in [0.15, 0.2) is 42.5 Å². The van der Waals surface area contributed by atoms with Gasteiger partial charge in [0.05, 0.1) is 0 Å². The molecule has 0 amide bonds. The molecule has 0 fully saturated rings. The Balaban J connectivity index is 2.04. The fourth-order valence-corrected chi connectivity index (χ4v) is 1.62. The molecule has 19 heavy (non-hydrogen) atoms. The molecule has 0 saturated heterocycles. The Morgan fingerprint density at radius 2 is 1.95 bits per heavy atom. The standard InChI is InChI=1S/C14H13F2NO2/c15-10-4-5-12(16)14(7-10)19-8-13(18)9-2-1-3-11(17)6-9/h1-7,13,18H,8,17H2. The highest BCUT2D eigenvalue weighted by Crippen LogP contribution is 2.21. The van der Waals surface area contributed by atoms with E-state index in [1.165, 1.54) is 0 Å². The van der Waals surface area contributed by atoms with Gasteiger partial charge in [0, 0.05) is 11.8 Å². The summed E-state index contributed by atoms with van der Waals surface area (Å²) in [7, 11) is 0. The second-order valence-corrected chi connectivity index (χ2v) is 4.07. The molecule has 0 aromatic heterocycles. The number of nitrogen functional groups attached to an aromatic ring is 1. The first kappa shape index (κ1) is 13.3. The van der Waals surface area contributed by atoms with Crippen LogP contribution in [0.4, 0.5) is 14.5 Å². The van der Waals surface area contributed by atoms with Crippen molar-refractivity contribution in [1.82, 2.24) is 0 Å². The van der Waals surface area contributed by atoms with Crippen LogP contribution >= 0.6 is 0 Å². The SMILES string of the molecule is Nc1cccc(C(O)COc2cc(F)ccc2F)c1. The maximum absolute atomic E-state index is 13.3. The van der Waals surface area contributed by atoms with Crippen molar-refractivity contribution in [3.8, 4) is 5.75 Å². The van der Waals surface area contributed by atoms with Gasteiger partial charge in [-0.05, 0) is 29.8 Å². The molecule has 0 aliphatic rings. The molecule has 3 N–H and O–H groups in total. The molecule has 0 radical (unpaired) electrons. The van der Waals surface area contributed by atoms with E-state index >= 15 is 0 Å². The van der Waals surface area contributed by atoms with Crippen molar-refractivity contribution in [3.63, 3.8) is 0 Å². The molecule has 0 spiro atoms. The minimum Gasteiger partial charge on any atom is -0.487 e. The molecule has 2 aromatic carbocycles. The molecule has 2 rings (SSSR count). The van der Waals surface area contributed by atoms with Gasteiger partial charge in [-0.1, -0.05) is 12.1 Å². The number of hydrogen-bond acceptors (Lipinski definition) is 3. The van der Waals surface area contributed by atoms with Gasteiger partial charge in [-0.25, -0.2) is 8.78 Å². The fraction of sp³-hybridized carbons (Fsp3) is 0.143. The number of anilines is 1. The van der Waals surface area contributed by atoms with Crippen LogP contribution in [-0.4, -0.2) is 11.7 Å². The predicted molar refractivity (Wildman–Crippen MR) is 67.7 cm³/mol. The third-order valence-electron chi connectivity index (χ3n) is 2.59. The van der Waals surface area contributed by atoms with E-state index in [2.05, 4.69) is 0 Å². The van der Waals surface area contributed by atoms with Crippen molar-refractivity contribution < 1.29 is 18.6 Å². The summed E-state index contributed by atoms with van der Waals surface area (Å²) in [6.45, 7) is -0.191. The van der Waals surface area contributed by atoms with E-state index in [4.69, 9.17) is 10.5 Å². The first-order chi connectivity index (χ1) is 9.06. The second kappa shape index (κ2) is 5.67. The smallest absolute Gasteiger partial charge is 0.165 e. The monoisotopic (exact) mass is 265 g/mol. The third-order valence-corrected chi connectivity index (χ3v) is 2.59. The van der Waals surface area contributed by atoms with E-state index in [0.29, 0.717) is 11.3 Å². The van der Waals surface area contributed by atoms with E-state index in [1.807, 2.05) is 0 Å². The zero-order valence-electron chi connectivity index (χ0n) is 10.0. The maximum atomic E-state index is 13.3. The molecule has 5 heteroatoms. The number of halogens is 2. The fourth-order valence-electron chi connectivity index (χ4n) is 1.62. The molecular weight excluding hydrogens is 252 g/mol. The molecule has 2 aromatic rings. The van der Waals surface area contributed by atoms with E-state index in [1.54, 1.807) is 24.3 Å². The lowest BCUT2D eigenvalue weighted by Crippen LogP contribution is -2.10. The minimum absolute atomic E-state index is 0.191. The number of rotatable bonds is 4. The van der Waals surface area contributed by atoms with Crippen molar-refractivity contribution in [2.45, 2.75) is 6.10 Å². The predicted octanol–water partition coefficient (Wildman–Crippen LogP) is 2.66. The zero-order chi connectivity index (χ0) is 13.8. The van der Waals surface area contributed by atoms with Crippen LogP contribution in [0.1, 0.15) is 11.7 Å².